The van der Waals surface area contributed by atoms with Crippen molar-refractivity contribution in [2.45, 2.75) is 19.5 Å². The number of nitrogens with zero attached hydrogens (tertiary/aromatic N) is 2. The summed E-state index contributed by atoms with van der Waals surface area (Å²) < 4.78 is 84.0. The summed E-state index contributed by atoms with van der Waals surface area (Å²) in [7, 11) is 0. The Morgan fingerprint density at radius 3 is 2.07 bits per heavy atom. The lowest BCUT2D eigenvalue weighted by molar-refractivity contribution is -0.142. The molecule has 0 aliphatic rings. The summed E-state index contributed by atoms with van der Waals surface area (Å²) in [6.45, 7) is 1.91. The Balaban J connectivity index is 1.84. The molecule has 30 heavy (non-hydrogen) atoms. The molecule has 3 aromatic rings. The maximum Gasteiger partial charge on any atom is 0.422 e. The van der Waals surface area contributed by atoms with Gasteiger partial charge in [0.25, 0.3) is 0 Å². The van der Waals surface area contributed by atoms with Crippen molar-refractivity contribution in [2.75, 3.05) is 0 Å². The first-order chi connectivity index (χ1) is 14.1. The monoisotopic (exact) mass is 426 g/mol. The fourth-order valence-electron chi connectivity index (χ4n) is 2.55. The summed E-state index contributed by atoms with van der Waals surface area (Å²) in [6.07, 6.45) is -1.42. The maximum atomic E-state index is 14.4. The Labute approximate surface area is 166 Å². The minimum Gasteiger partial charge on any atom is -0.423 e. The van der Waals surface area contributed by atoms with Crippen molar-refractivity contribution in [3.05, 3.63) is 76.9 Å². The SMILES string of the molecule is CCc1cnc(-c2ccc(C(=O)Oc3cc(F)c(C(F)(F)F)c(F)c3)c(F)c2)nc1. The van der Waals surface area contributed by atoms with Gasteiger partial charge < -0.3 is 4.74 Å². The first-order valence-corrected chi connectivity index (χ1v) is 8.49. The highest BCUT2D eigenvalue weighted by Crippen LogP contribution is 2.35. The molecule has 0 N–H and O–H groups in total. The molecule has 0 saturated carbocycles. The van der Waals surface area contributed by atoms with Crippen LogP contribution in [-0.2, 0) is 12.6 Å². The number of halogens is 6. The molecule has 0 unspecified atom stereocenters. The van der Waals surface area contributed by atoms with Crippen molar-refractivity contribution in [1.82, 2.24) is 9.97 Å². The van der Waals surface area contributed by atoms with E-state index in [1.807, 2.05) is 6.92 Å². The maximum absolute atomic E-state index is 14.4. The second-order valence-electron chi connectivity index (χ2n) is 6.11. The molecule has 0 aliphatic heterocycles. The minimum absolute atomic E-state index is 0.194. The highest BCUT2D eigenvalue weighted by atomic mass is 19.4. The largest absolute Gasteiger partial charge is 0.423 e. The van der Waals surface area contributed by atoms with E-state index >= 15 is 0 Å². The number of hydrogen-bond donors (Lipinski definition) is 0. The molecular formula is C20H12F6N2O2. The zero-order valence-electron chi connectivity index (χ0n) is 15.2. The number of ether oxygens (including phenoxy) is 1. The molecule has 0 radical (unpaired) electrons. The van der Waals surface area contributed by atoms with E-state index in [0.29, 0.717) is 6.42 Å². The first kappa shape index (κ1) is 21.3. The number of hydrogen-bond acceptors (Lipinski definition) is 4. The molecule has 3 rings (SSSR count). The average Bonchev–Trinajstić information content (AvgIpc) is 2.66. The number of rotatable bonds is 4. The van der Waals surface area contributed by atoms with Crippen molar-refractivity contribution in [1.29, 1.82) is 0 Å². The Hall–Kier alpha value is -3.43. The standard InChI is InChI=1S/C20H12F6N2O2/c1-2-10-8-27-18(28-9-10)11-3-4-13(14(21)5-11)19(29)30-12-6-15(22)17(16(23)7-12)20(24,25)26/h3-9H,2H2,1H3. The summed E-state index contributed by atoms with van der Waals surface area (Å²) in [4.78, 5) is 20.3. The van der Waals surface area contributed by atoms with E-state index in [1.54, 1.807) is 12.4 Å². The highest BCUT2D eigenvalue weighted by Gasteiger charge is 2.38. The smallest absolute Gasteiger partial charge is 0.422 e. The van der Waals surface area contributed by atoms with Crippen LogP contribution in [0, 0.1) is 17.5 Å². The zero-order valence-corrected chi connectivity index (χ0v) is 15.2. The lowest BCUT2D eigenvalue weighted by atomic mass is 10.1. The van der Waals surface area contributed by atoms with E-state index < -0.39 is 46.5 Å². The quantitative estimate of drug-likeness (QED) is 0.320. The van der Waals surface area contributed by atoms with Gasteiger partial charge in [-0.1, -0.05) is 13.0 Å². The molecular weight excluding hydrogens is 414 g/mol. The van der Waals surface area contributed by atoms with Crippen molar-refractivity contribution in [3.8, 4) is 17.1 Å². The molecule has 2 aromatic carbocycles. The van der Waals surface area contributed by atoms with E-state index in [0.717, 1.165) is 17.7 Å². The summed E-state index contributed by atoms with van der Waals surface area (Å²) in [6, 6.07) is 3.72. The van der Waals surface area contributed by atoms with Crippen LogP contribution in [0.3, 0.4) is 0 Å². The highest BCUT2D eigenvalue weighted by molar-refractivity contribution is 5.91. The summed E-state index contributed by atoms with van der Waals surface area (Å²) in [5, 5.41) is 0. The van der Waals surface area contributed by atoms with Crippen LogP contribution in [0.25, 0.3) is 11.4 Å². The van der Waals surface area contributed by atoms with Crippen LogP contribution < -0.4 is 4.74 Å². The molecule has 0 aliphatic carbocycles. The number of benzene rings is 2. The molecule has 0 saturated heterocycles. The van der Waals surface area contributed by atoms with E-state index in [9.17, 15) is 31.1 Å². The summed E-state index contributed by atoms with van der Waals surface area (Å²) >= 11 is 0. The third-order valence-corrected chi connectivity index (χ3v) is 4.07. The molecule has 0 atom stereocenters. The average molecular weight is 426 g/mol. The fraction of sp³-hybridized carbons (Fsp3) is 0.150. The molecule has 4 nitrogen and oxygen atoms in total. The van der Waals surface area contributed by atoms with Gasteiger partial charge in [0.1, 0.15) is 28.8 Å². The van der Waals surface area contributed by atoms with E-state index in [4.69, 9.17) is 0 Å². The van der Waals surface area contributed by atoms with Crippen LogP contribution in [0.5, 0.6) is 5.75 Å². The van der Waals surface area contributed by atoms with Gasteiger partial charge in [-0.15, -0.1) is 0 Å². The molecule has 1 aromatic heterocycles. The van der Waals surface area contributed by atoms with Gasteiger partial charge in [-0.2, -0.15) is 13.2 Å². The third-order valence-electron chi connectivity index (χ3n) is 4.07. The normalized spacial score (nSPS) is 11.4. The first-order valence-electron chi connectivity index (χ1n) is 8.49. The van der Waals surface area contributed by atoms with Crippen LogP contribution in [0.15, 0.2) is 42.7 Å². The van der Waals surface area contributed by atoms with Crippen LogP contribution >= 0.6 is 0 Å². The summed E-state index contributed by atoms with van der Waals surface area (Å²) in [5.74, 6) is -6.95. The minimum atomic E-state index is -5.27. The third kappa shape index (κ3) is 4.42. The molecule has 0 bridgehead atoms. The number of carbonyl (C=O) groups excluding carboxylic acids is 1. The fourth-order valence-corrected chi connectivity index (χ4v) is 2.55. The van der Waals surface area contributed by atoms with Gasteiger partial charge in [0.15, 0.2) is 5.82 Å². The molecule has 1 heterocycles. The molecule has 0 fully saturated rings. The second kappa shape index (κ2) is 8.13. The number of esters is 1. The van der Waals surface area contributed by atoms with E-state index in [-0.39, 0.29) is 23.5 Å². The van der Waals surface area contributed by atoms with Crippen molar-refractivity contribution < 1.29 is 35.9 Å². The number of carbonyl (C=O) groups is 1. The molecule has 156 valence electrons. The van der Waals surface area contributed by atoms with Gasteiger partial charge in [0.2, 0.25) is 0 Å². The van der Waals surface area contributed by atoms with Crippen LogP contribution in [0.1, 0.15) is 28.4 Å². The molecule has 0 spiro atoms. The number of alkyl halides is 3. The van der Waals surface area contributed by atoms with Crippen molar-refractivity contribution in [3.63, 3.8) is 0 Å². The van der Waals surface area contributed by atoms with Crippen LogP contribution in [-0.4, -0.2) is 15.9 Å². The molecule has 0 amide bonds. The predicted octanol–water partition coefficient (Wildman–Crippen LogP) is 5.36. The van der Waals surface area contributed by atoms with Gasteiger partial charge in [-0.3, -0.25) is 0 Å². The zero-order chi connectivity index (χ0) is 22.1. The van der Waals surface area contributed by atoms with E-state index in [2.05, 4.69) is 14.7 Å². The topological polar surface area (TPSA) is 52.1 Å². The lowest BCUT2D eigenvalue weighted by Crippen LogP contribution is -2.14. The second-order valence-corrected chi connectivity index (χ2v) is 6.11. The summed E-state index contributed by atoms with van der Waals surface area (Å²) in [5.41, 5.74) is -1.58. The van der Waals surface area contributed by atoms with Crippen molar-refractivity contribution in [2.24, 2.45) is 0 Å². The van der Waals surface area contributed by atoms with Crippen LogP contribution in [0.2, 0.25) is 0 Å². The predicted molar refractivity (Wildman–Crippen MR) is 93.1 cm³/mol. The van der Waals surface area contributed by atoms with Gasteiger partial charge in [-0.05, 0) is 24.1 Å². The lowest BCUT2D eigenvalue weighted by Gasteiger charge is -2.11. The van der Waals surface area contributed by atoms with E-state index in [1.165, 1.54) is 6.07 Å². The number of aromatic nitrogens is 2. The Bertz CT molecular complexity index is 1070. The Morgan fingerprint density at radius 1 is 0.967 bits per heavy atom. The van der Waals surface area contributed by atoms with Crippen molar-refractivity contribution >= 4 is 5.97 Å². The Morgan fingerprint density at radius 2 is 1.57 bits per heavy atom. The van der Waals surface area contributed by atoms with Gasteiger partial charge >= 0.3 is 12.1 Å². The van der Waals surface area contributed by atoms with Gasteiger partial charge in [0.05, 0.1) is 5.56 Å². The van der Waals surface area contributed by atoms with Crippen LogP contribution in [0.4, 0.5) is 26.3 Å². The number of aryl methyl sites for hydroxylation is 1. The van der Waals surface area contributed by atoms with Gasteiger partial charge in [0, 0.05) is 30.1 Å². The molecule has 10 heteroatoms. The Kier molecular flexibility index (Phi) is 5.77. The van der Waals surface area contributed by atoms with Gasteiger partial charge in [-0.25, -0.2) is 27.9 Å².